The zero-order valence-corrected chi connectivity index (χ0v) is 21.1. The van der Waals surface area contributed by atoms with E-state index in [-0.39, 0.29) is 18.4 Å². The van der Waals surface area contributed by atoms with Crippen molar-refractivity contribution in [2.24, 2.45) is 11.8 Å². The molecule has 36 heavy (non-hydrogen) atoms. The molecule has 0 saturated carbocycles. The number of aliphatic hydroxyl groups is 1. The average Bonchev–Trinajstić information content (AvgIpc) is 2.92. The number of aromatic nitrogens is 1. The summed E-state index contributed by atoms with van der Waals surface area (Å²) >= 11 is 6.28. The number of aromatic hydroxyl groups is 1. The number of nitrogens with zero attached hydrogens (tertiary/aromatic N) is 2. The van der Waals surface area contributed by atoms with E-state index in [0.717, 1.165) is 41.9 Å². The van der Waals surface area contributed by atoms with Crippen molar-refractivity contribution in [1.82, 2.24) is 9.88 Å². The molecule has 0 spiro atoms. The van der Waals surface area contributed by atoms with E-state index in [1.165, 1.54) is 25.0 Å². The number of phenols is 1. The van der Waals surface area contributed by atoms with Crippen molar-refractivity contribution in [3.8, 4) is 11.5 Å². The minimum absolute atomic E-state index is 0.0222. The van der Waals surface area contributed by atoms with E-state index in [0.29, 0.717) is 17.4 Å². The number of ether oxygens (including phenoxy) is 1. The molecule has 4 heterocycles. The predicted molar refractivity (Wildman–Crippen MR) is 140 cm³/mol. The van der Waals surface area contributed by atoms with E-state index >= 15 is 0 Å². The third-order valence-corrected chi connectivity index (χ3v) is 8.03. The lowest BCUT2D eigenvalue weighted by Gasteiger charge is -2.51. The number of aliphatic hydroxyl groups excluding tert-OH is 1. The van der Waals surface area contributed by atoms with Gasteiger partial charge in [0.2, 0.25) is 5.91 Å². The highest BCUT2D eigenvalue weighted by Crippen LogP contribution is 2.42. The Hall–Kier alpha value is -2.87. The molecule has 1 aromatic heterocycles. The number of carbonyl (C=O) groups is 1. The van der Waals surface area contributed by atoms with Crippen molar-refractivity contribution in [2.75, 3.05) is 25.0 Å². The maximum absolute atomic E-state index is 12.4. The fourth-order valence-corrected chi connectivity index (χ4v) is 5.80. The van der Waals surface area contributed by atoms with Crippen molar-refractivity contribution in [2.45, 2.75) is 43.7 Å². The summed E-state index contributed by atoms with van der Waals surface area (Å²) in [6.45, 7) is 4.34. The highest BCUT2D eigenvalue weighted by molar-refractivity contribution is 6.32. The number of rotatable bonds is 8. The van der Waals surface area contributed by atoms with Gasteiger partial charge in [0.25, 0.3) is 0 Å². The number of benzene rings is 2. The van der Waals surface area contributed by atoms with Crippen LogP contribution in [-0.4, -0.2) is 57.1 Å². The van der Waals surface area contributed by atoms with Crippen LogP contribution in [0.25, 0.3) is 10.9 Å². The first-order chi connectivity index (χ1) is 17.4. The number of piperidine rings is 3. The summed E-state index contributed by atoms with van der Waals surface area (Å²) < 4.78 is 5.86. The number of alkyl halides is 1. The number of phenolic OH excluding ortho intramolecular Hbond substituents is 1. The summed E-state index contributed by atoms with van der Waals surface area (Å²) in [6.07, 6.45) is 4.57. The number of halogens is 1. The van der Waals surface area contributed by atoms with E-state index in [9.17, 15) is 15.0 Å². The van der Waals surface area contributed by atoms with E-state index in [1.807, 2.05) is 18.2 Å². The topological polar surface area (TPSA) is 94.9 Å². The Labute approximate surface area is 216 Å². The molecule has 6 atom stereocenters. The Morgan fingerprint density at radius 3 is 2.78 bits per heavy atom. The zero-order valence-electron chi connectivity index (χ0n) is 20.3. The maximum Gasteiger partial charge on any atom is 0.245 e. The lowest BCUT2D eigenvalue weighted by atomic mass is 9.72. The Bertz CT molecular complexity index is 1220. The fraction of sp³-hybridized carbons (Fsp3) is 0.429. The molecule has 7 nitrogen and oxygen atoms in total. The summed E-state index contributed by atoms with van der Waals surface area (Å²) in [6, 6.07) is 13.7. The van der Waals surface area contributed by atoms with Crippen LogP contribution in [0.15, 0.2) is 54.7 Å². The molecular formula is C28H32ClN3O4. The van der Waals surface area contributed by atoms with Gasteiger partial charge >= 0.3 is 0 Å². The first-order valence-electron chi connectivity index (χ1n) is 12.6. The van der Waals surface area contributed by atoms with Crippen LogP contribution in [0.4, 0.5) is 5.69 Å². The third kappa shape index (κ3) is 5.14. The largest absolute Gasteiger partial charge is 0.508 e. The molecule has 2 aromatic carbocycles. The fourth-order valence-electron chi connectivity index (χ4n) is 5.68. The number of nitrogens with one attached hydrogen (secondary N) is 1. The average molecular weight is 510 g/mol. The SMILES string of the molecule is CCC1CN2CCC1C[C@@H]2[C@H](O)c1ccnc2ccc(OCC(Cl)C(=O)Nc3ccc(O)cc3)cc12. The molecular weight excluding hydrogens is 478 g/mol. The number of amides is 1. The molecule has 3 N–H and O–H groups in total. The second-order valence-corrected chi connectivity index (χ2v) is 10.4. The maximum atomic E-state index is 12.4. The Balaban J connectivity index is 1.28. The van der Waals surface area contributed by atoms with Crippen LogP contribution < -0.4 is 10.1 Å². The lowest BCUT2D eigenvalue weighted by molar-refractivity contribution is -0.116. The molecule has 3 aliphatic heterocycles. The second-order valence-electron chi connectivity index (χ2n) is 9.85. The Morgan fingerprint density at radius 2 is 2.06 bits per heavy atom. The van der Waals surface area contributed by atoms with E-state index < -0.39 is 17.4 Å². The smallest absolute Gasteiger partial charge is 0.245 e. The normalized spacial score (nSPS) is 24.9. The van der Waals surface area contributed by atoms with Gasteiger partial charge in [-0.3, -0.25) is 14.7 Å². The van der Waals surface area contributed by atoms with Gasteiger partial charge < -0.3 is 20.3 Å². The molecule has 2 bridgehead atoms. The minimum Gasteiger partial charge on any atom is -0.508 e. The Kier molecular flexibility index (Phi) is 7.32. The van der Waals surface area contributed by atoms with Crippen molar-refractivity contribution in [3.63, 3.8) is 0 Å². The number of anilines is 1. The van der Waals surface area contributed by atoms with Crippen molar-refractivity contribution in [1.29, 1.82) is 0 Å². The summed E-state index contributed by atoms with van der Waals surface area (Å²) in [5, 5.41) is 23.5. The second kappa shape index (κ2) is 10.6. The molecule has 3 aliphatic rings. The highest BCUT2D eigenvalue weighted by atomic mass is 35.5. The number of fused-ring (bicyclic) bond motifs is 4. The number of hydrogen-bond donors (Lipinski definition) is 3. The van der Waals surface area contributed by atoms with Gasteiger partial charge in [0.05, 0.1) is 11.6 Å². The summed E-state index contributed by atoms with van der Waals surface area (Å²) in [5.41, 5.74) is 2.17. The van der Waals surface area contributed by atoms with Crippen LogP contribution in [0.3, 0.4) is 0 Å². The molecule has 8 heteroatoms. The zero-order chi connectivity index (χ0) is 25.2. The summed E-state index contributed by atoms with van der Waals surface area (Å²) in [7, 11) is 0. The monoisotopic (exact) mass is 509 g/mol. The van der Waals surface area contributed by atoms with E-state index in [4.69, 9.17) is 16.3 Å². The van der Waals surface area contributed by atoms with Gasteiger partial charge in [-0.15, -0.1) is 11.6 Å². The number of pyridine rings is 1. The molecule has 0 radical (unpaired) electrons. The van der Waals surface area contributed by atoms with Crippen LogP contribution in [-0.2, 0) is 4.79 Å². The lowest BCUT2D eigenvalue weighted by Crippen LogP contribution is -2.55. The molecule has 0 aliphatic carbocycles. The predicted octanol–water partition coefficient (Wildman–Crippen LogP) is 4.72. The molecule has 3 aromatic rings. The molecule has 3 saturated heterocycles. The van der Waals surface area contributed by atoms with Crippen LogP contribution in [0.5, 0.6) is 11.5 Å². The van der Waals surface area contributed by atoms with Gasteiger partial charge in [0.15, 0.2) is 0 Å². The minimum atomic E-state index is -0.912. The molecule has 4 unspecified atom stereocenters. The standard InChI is InChI=1S/C28H32ClN3O4/c1-2-17-15-32-12-10-18(17)13-26(32)27(34)22-9-11-30-25-8-7-21(14-23(22)25)36-16-24(29)28(35)31-19-3-5-20(33)6-4-19/h3-9,11,14,17-18,24,26-27,33-34H,2,10,12-13,15-16H2,1H3,(H,31,35)/t17?,18?,24?,26-,27-/m1/s1. The van der Waals surface area contributed by atoms with Crippen LogP contribution >= 0.6 is 11.6 Å². The van der Waals surface area contributed by atoms with Gasteiger partial charge in [-0.25, -0.2) is 0 Å². The van der Waals surface area contributed by atoms with Gasteiger partial charge in [0, 0.05) is 29.9 Å². The molecule has 6 rings (SSSR count). The molecule has 3 fully saturated rings. The van der Waals surface area contributed by atoms with Crippen molar-refractivity contribution in [3.05, 3.63) is 60.3 Å². The summed E-state index contributed by atoms with van der Waals surface area (Å²) in [5.74, 6) is 1.69. The molecule has 190 valence electrons. The van der Waals surface area contributed by atoms with Gasteiger partial charge in [-0.1, -0.05) is 13.3 Å². The van der Waals surface area contributed by atoms with Crippen LogP contribution in [0.1, 0.15) is 37.9 Å². The first kappa shape index (κ1) is 24.8. The van der Waals surface area contributed by atoms with Crippen molar-refractivity contribution >= 4 is 34.1 Å². The van der Waals surface area contributed by atoms with Gasteiger partial charge in [-0.2, -0.15) is 0 Å². The highest BCUT2D eigenvalue weighted by Gasteiger charge is 2.42. The third-order valence-electron chi connectivity index (χ3n) is 7.71. The first-order valence-corrected chi connectivity index (χ1v) is 13.0. The number of hydrogen-bond acceptors (Lipinski definition) is 6. The quantitative estimate of drug-likeness (QED) is 0.300. The summed E-state index contributed by atoms with van der Waals surface area (Å²) in [4.78, 5) is 19.4. The van der Waals surface area contributed by atoms with E-state index in [1.54, 1.807) is 24.4 Å². The molecule has 1 amide bonds. The van der Waals surface area contributed by atoms with Gasteiger partial charge in [0.1, 0.15) is 23.5 Å². The van der Waals surface area contributed by atoms with Gasteiger partial charge in [-0.05, 0) is 85.3 Å². The van der Waals surface area contributed by atoms with E-state index in [2.05, 4.69) is 22.1 Å². The van der Waals surface area contributed by atoms with Crippen molar-refractivity contribution < 1.29 is 19.7 Å². The van der Waals surface area contributed by atoms with Crippen LogP contribution in [0, 0.1) is 11.8 Å². The Morgan fingerprint density at radius 1 is 1.25 bits per heavy atom. The van der Waals surface area contributed by atoms with Crippen LogP contribution in [0.2, 0.25) is 0 Å². The number of carbonyl (C=O) groups excluding carboxylic acids is 1.